The number of nitrogens with zero attached hydrogens (tertiary/aromatic N) is 4. The van der Waals surface area contributed by atoms with Crippen molar-refractivity contribution in [2.75, 3.05) is 12.5 Å². The van der Waals surface area contributed by atoms with Gasteiger partial charge in [-0.3, -0.25) is 0 Å². The molecule has 0 N–H and O–H groups in total. The molecule has 0 saturated heterocycles. The molecule has 0 aliphatic heterocycles. The van der Waals surface area contributed by atoms with E-state index < -0.39 is 0 Å². The molecule has 0 unspecified atom stereocenters. The lowest BCUT2D eigenvalue weighted by Gasteiger charge is -2.02. The van der Waals surface area contributed by atoms with Gasteiger partial charge < -0.3 is 0 Å². The van der Waals surface area contributed by atoms with Gasteiger partial charge in [-0.15, -0.1) is 16.9 Å². The van der Waals surface area contributed by atoms with Crippen molar-refractivity contribution in [3.63, 3.8) is 0 Å². The second-order valence-electron chi connectivity index (χ2n) is 2.73. The molecule has 0 amide bonds. The highest BCUT2D eigenvalue weighted by molar-refractivity contribution is 7.99. The maximum Gasteiger partial charge on any atom is 0.208 e. The Bertz CT molecular complexity index is 506. The molecule has 0 saturated carbocycles. The van der Waals surface area contributed by atoms with Crippen molar-refractivity contribution in [2.45, 2.75) is 10.2 Å². The van der Waals surface area contributed by atoms with Crippen molar-refractivity contribution >= 4 is 35.2 Å². The minimum atomic E-state index is 0.743. The first-order chi connectivity index (χ1) is 7.30. The molecule has 0 aromatic carbocycles. The van der Waals surface area contributed by atoms with Gasteiger partial charge >= 0.3 is 0 Å². The lowest BCUT2D eigenvalue weighted by molar-refractivity contribution is 0.752. The second kappa shape index (κ2) is 4.24. The third kappa shape index (κ3) is 1.74. The highest BCUT2D eigenvalue weighted by Crippen LogP contribution is 2.21. The van der Waals surface area contributed by atoms with Gasteiger partial charge in [0.05, 0.1) is 11.9 Å². The number of aromatic nitrogens is 4. The normalized spacial score (nSPS) is 10.8. The van der Waals surface area contributed by atoms with Crippen molar-refractivity contribution in [3.05, 3.63) is 18.5 Å². The number of thioether (sulfide) groups is 2. The SMILES string of the molecule is C=Cc1cnc2c(SC)nc(SC)nn12. The third-order valence-corrected chi connectivity index (χ3v) is 3.12. The van der Waals surface area contributed by atoms with E-state index in [0.29, 0.717) is 0 Å². The molecule has 0 bridgehead atoms. The van der Waals surface area contributed by atoms with E-state index in [9.17, 15) is 0 Å². The minimum Gasteiger partial charge on any atom is -0.232 e. The summed E-state index contributed by atoms with van der Waals surface area (Å²) in [6.07, 6.45) is 7.42. The number of fused-ring (bicyclic) bond motifs is 1. The maximum absolute atomic E-state index is 4.38. The highest BCUT2D eigenvalue weighted by Gasteiger charge is 2.10. The summed E-state index contributed by atoms with van der Waals surface area (Å²) in [5.41, 5.74) is 1.67. The number of imidazole rings is 1. The van der Waals surface area contributed by atoms with E-state index in [0.717, 1.165) is 21.5 Å². The summed E-state index contributed by atoms with van der Waals surface area (Å²) in [5.74, 6) is 0. The van der Waals surface area contributed by atoms with E-state index in [-0.39, 0.29) is 0 Å². The van der Waals surface area contributed by atoms with Gasteiger partial charge in [0.15, 0.2) is 5.65 Å². The zero-order chi connectivity index (χ0) is 10.8. The van der Waals surface area contributed by atoms with Crippen LogP contribution >= 0.6 is 23.5 Å². The van der Waals surface area contributed by atoms with E-state index in [2.05, 4.69) is 21.6 Å². The van der Waals surface area contributed by atoms with E-state index >= 15 is 0 Å². The third-order valence-electron chi connectivity index (χ3n) is 1.92. The van der Waals surface area contributed by atoms with Crippen LogP contribution in [0.4, 0.5) is 0 Å². The summed E-state index contributed by atoms with van der Waals surface area (Å²) in [5, 5.41) is 5.99. The van der Waals surface area contributed by atoms with E-state index in [1.54, 1.807) is 28.6 Å². The van der Waals surface area contributed by atoms with E-state index in [4.69, 9.17) is 0 Å². The molecule has 6 heteroatoms. The molecular weight excluding hydrogens is 228 g/mol. The summed E-state index contributed by atoms with van der Waals surface area (Å²) in [6.45, 7) is 3.73. The van der Waals surface area contributed by atoms with Crippen LogP contribution in [0, 0.1) is 0 Å². The number of rotatable bonds is 3. The molecule has 2 heterocycles. The van der Waals surface area contributed by atoms with Gasteiger partial charge in [0.1, 0.15) is 5.03 Å². The molecule has 0 aliphatic rings. The van der Waals surface area contributed by atoms with Crippen LogP contribution in [0.15, 0.2) is 23.0 Å². The Balaban J connectivity index is 2.77. The molecule has 0 atom stereocenters. The average molecular weight is 238 g/mol. The predicted molar refractivity (Wildman–Crippen MR) is 64.4 cm³/mol. The van der Waals surface area contributed by atoms with Gasteiger partial charge in [-0.05, 0) is 18.6 Å². The van der Waals surface area contributed by atoms with E-state index in [1.165, 1.54) is 11.8 Å². The molecule has 2 aromatic heterocycles. The molecule has 2 aromatic rings. The summed E-state index contributed by atoms with van der Waals surface area (Å²) in [4.78, 5) is 8.65. The monoisotopic (exact) mass is 238 g/mol. The van der Waals surface area contributed by atoms with Gasteiger partial charge in [0.25, 0.3) is 0 Å². The van der Waals surface area contributed by atoms with Crippen LogP contribution < -0.4 is 0 Å². The molecule has 0 spiro atoms. The fraction of sp³-hybridized carbons (Fsp3) is 0.222. The molecule has 0 fully saturated rings. The number of hydrogen-bond acceptors (Lipinski definition) is 5. The second-order valence-corrected chi connectivity index (χ2v) is 4.30. The summed E-state index contributed by atoms with van der Waals surface area (Å²) < 4.78 is 1.78. The van der Waals surface area contributed by atoms with Crippen LogP contribution in [0.1, 0.15) is 5.69 Å². The first-order valence-corrected chi connectivity index (χ1v) is 6.71. The average Bonchev–Trinajstić information content (AvgIpc) is 2.70. The summed E-state index contributed by atoms with van der Waals surface area (Å²) >= 11 is 3.09. The highest BCUT2D eigenvalue weighted by atomic mass is 32.2. The smallest absolute Gasteiger partial charge is 0.208 e. The lowest BCUT2D eigenvalue weighted by atomic mass is 10.5. The molecule has 0 radical (unpaired) electrons. The van der Waals surface area contributed by atoms with Crippen molar-refractivity contribution in [2.24, 2.45) is 0 Å². The summed E-state index contributed by atoms with van der Waals surface area (Å²) in [6, 6.07) is 0. The molecule has 15 heavy (non-hydrogen) atoms. The largest absolute Gasteiger partial charge is 0.232 e. The van der Waals surface area contributed by atoms with Gasteiger partial charge in [0, 0.05) is 0 Å². The molecule has 78 valence electrons. The first-order valence-electron chi connectivity index (χ1n) is 4.26. The zero-order valence-corrected chi connectivity index (χ0v) is 10.1. The van der Waals surface area contributed by atoms with Crippen LogP contribution in [0.3, 0.4) is 0 Å². The standard InChI is InChI=1S/C9H10N4S2/c1-4-6-5-10-7-8(14-2)11-9(15-3)12-13(6)7/h4-5H,1H2,2-3H3. The molecule has 2 rings (SSSR count). The Morgan fingerprint density at radius 2 is 2.20 bits per heavy atom. The van der Waals surface area contributed by atoms with Gasteiger partial charge in [-0.25, -0.2) is 14.5 Å². The fourth-order valence-electron chi connectivity index (χ4n) is 1.22. The van der Waals surface area contributed by atoms with E-state index in [1.807, 2.05) is 12.5 Å². The van der Waals surface area contributed by atoms with Crippen LogP contribution in [0.25, 0.3) is 11.7 Å². The fourth-order valence-corrected chi connectivity index (χ4v) is 2.12. The molecular formula is C9H10N4S2. The minimum absolute atomic E-state index is 0.743. The van der Waals surface area contributed by atoms with Crippen LogP contribution in [0.2, 0.25) is 0 Å². The van der Waals surface area contributed by atoms with Crippen molar-refractivity contribution in [1.29, 1.82) is 0 Å². The quantitative estimate of drug-likeness (QED) is 0.767. The Hall–Kier alpha value is -1.01. The lowest BCUT2D eigenvalue weighted by Crippen LogP contribution is -2.00. The Morgan fingerprint density at radius 1 is 1.40 bits per heavy atom. The van der Waals surface area contributed by atoms with Crippen molar-refractivity contribution < 1.29 is 0 Å². The molecule has 0 aliphatic carbocycles. The van der Waals surface area contributed by atoms with Gasteiger partial charge in [0.2, 0.25) is 5.16 Å². The van der Waals surface area contributed by atoms with Crippen LogP contribution in [0.5, 0.6) is 0 Å². The number of hydrogen-bond donors (Lipinski definition) is 0. The Morgan fingerprint density at radius 3 is 2.80 bits per heavy atom. The summed E-state index contributed by atoms with van der Waals surface area (Å²) in [7, 11) is 0. The predicted octanol–water partition coefficient (Wildman–Crippen LogP) is 2.21. The maximum atomic E-state index is 4.38. The van der Waals surface area contributed by atoms with Gasteiger partial charge in [-0.2, -0.15) is 0 Å². The van der Waals surface area contributed by atoms with Gasteiger partial charge in [-0.1, -0.05) is 18.3 Å². The van der Waals surface area contributed by atoms with Crippen LogP contribution in [-0.2, 0) is 0 Å². The van der Waals surface area contributed by atoms with Crippen molar-refractivity contribution in [1.82, 2.24) is 19.6 Å². The zero-order valence-electron chi connectivity index (χ0n) is 8.47. The Labute approximate surface area is 96.2 Å². The Kier molecular flexibility index (Phi) is 2.97. The topological polar surface area (TPSA) is 43.1 Å². The van der Waals surface area contributed by atoms with Crippen LogP contribution in [-0.4, -0.2) is 32.1 Å². The molecule has 4 nitrogen and oxygen atoms in total. The van der Waals surface area contributed by atoms with Crippen molar-refractivity contribution in [3.8, 4) is 0 Å². The first kappa shape index (κ1) is 10.5.